The Morgan fingerprint density at radius 2 is 1.84 bits per heavy atom. The smallest absolute Gasteiger partial charge is 0.339 e. The third-order valence-electron chi connectivity index (χ3n) is 4.21. The van der Waals surface area contributed by atoms with Gasteiger partial charge in [0.15, 0.2) is 11.5 Å². The molecule has 0 aliphatic rings. The van der Waals surface area contributed by atoms with E-state index < -0.39 is 10.1 Å². The van der Waals surface area contributed by atoms with E-state index in [1.165, 1.54) is 12.1 Å². The van der Waals surface area contributed by atoms with Gasteiger partial charge in [-0.05, 0) is 77.6 Å². The second kappa shape index (κ2) is 10.6. The van der Waals surface area contributed by atoms with E-state index >= 15 is 0 Å². The van der Waals surface area contributed by atoms with Crippen molar-refractivity contribution in [2.75, 3.05) is 6.61 Å². The fourth-order valence-electron chi connectivity index (χ4n) is 2.80. The van der Waals surface area contributed by atoms with E-state index in [2.05, 4.69) is 6.07 Å². The highest BCUT2D eigenvalue weighted by atomic mass is 127. The summed E-state index contributed by atoms with van der Waals surface area (Å²) in [6.07, 6.45) is 1.63. The van der Waals surface area contributed by atoms with E-state index in [-0.39, 0.29) is 16.4 Å². The first-order valence-corrected chi connectivity index (χ1v) is 12.5. The third-order valence-corrected chi connectivity index (χ3v) is 6.79. The molecule has 0 aliphatic carbocycles. The number of rotatable bonds is 7. The molecule has 3 aromatic carbocycles. The van der Waals surface area contributed by atoms with Gasteiger partial charge < -0.3 is 8.92 Å². The van der Waals surface area contributed by atoms with E-state index in [4.69, 9.17) is 32.1 Å². The van der Waals surface area contributed by atoms with Crippen LogP contribution in [0.3, 0.4) is 0 Å². The van der Waals surface area contributed by atoms with E-state index in [0.717, 1.165) is 0 Å². The van der Waals surface area contributed by atoms with Crippen LogP contribution in [0.4, 0.5) is 0 Å². The van der Waals surface area contributed by atoms with Gasteiger partial charge in [-0.1, -0.05) is 47.5 Å². The van der Waals surface area contributed by atoms with Crippen molar-refractivity contribution in [3.05, 3.63) is 85.4 Å². The molecule has 0 radical (unpaired) electrons. The molecule has 0 saturated heterocycles. The van der Waals surface area contributed by atoms with E-state index in [9.17, 15) is 13.7 Å². The average molecular weight is 600 g/mol. The molecule has 164 valence electrons. The summed E-state index contributed by atoms with van der Waals surface area (Å²) in [5.41, 5.74) is 1.46. The second-order valence-electron chi connectivity index (χ2n) is 6.41. The third kappa shape index (κ3) is 5.75. The van der Waals surface area contributed by atoms with Crippen LogP contribution in [-0.2, 0) is 10.1 Å². The summed E-state index contributed by atoms with van der Waals surface area (Å²) >= 11 is 14.2. The molecule has 0 aliphatic heterocycles. The molecule has 0 amide bonds. The van der Waals surface area contributed by atoms with Crippen LogP contribution in [0.5, 0.6) is 11.5 Å². The molecule has 3 aromatic rings. The standard InChI is InChI=1S/C23H16Cl2INO4S/c1-2-30-22-12-15(10-16(14-27)19-9-8-17(24)13-20(19)25)11-21(26)23(22)31-32(28,29)18-6-4-3-5-7-18/h3-13H,2H2,1H3/b16-10+. The quantitative estimate of drug-likeness (QED) is 0.129. The Kier molecular flexibility index (Phi) is 8.06. The van der Waals surface area contributed by atoms with Gasteiger partial charge >= 0.3 is 10.1 Å². The lowest BCUT2D eigenvalue weighted by Gasteiger charge is -2.15. The predicted octanol–water partition coefficient (Wildman–Crippen LogP) is 6.83. The minimum absolute atomic E-state index is 0.0337. The van der Waals surface area contributed by atoms with Gasteiger partial charge in [-0.15, -0.1) is 0 Å². The van der Waals surface area contributed by atoms with E-state index in [1.807, 2.05) is 22.6 Å². The van der Waals surface area contributed by atoms with Crippen molar-refractivity contribution < 1.29 is 17.3 Å². The average Bonchev–Trinajstić information content (AvgIpc) is 2.76. The lowest BCUT2D eigenvalue weighted by molar-refractivity contribution is 0.327. The minimum Gasteiger partial charge on any atom is -0.490 e. The Hall–Kier alpha value is -2.25. The molecular weight excluding hydrogens is 584 g/mol. The summed E-state index contributed by atoms with van der Waals surface area (Å²) in [7, 11) is -4.05. The number of benzene rings is 3. The Morgan fingerprint density at radius 1 is 1.12 bits per heavy atom. The van der Waals surface area contributed by atoms with Crippen LogP contribution in [0.25, 0.3) is 11.6 Å². The SMILES string of the molecule is CCOc1cc(/C=C(\C#N)c2ccc(Cl)cc2Cl)cc(I)c1OS(=O)(=O)c1ccccc1. The highest BCUT2D eigenvalue weighted by Gasteiger charge is 2.22. The highest BCUT2D eigenvalue weighted by molar-refractivity contribution is 14.1. The van der Waals surface area contributed by atoms with Crippen molar-refractivity contribution in [2.45, 2.75) is 11.8 Å². The molecule has 0 aromatic heterocycles. The number of hydrogen-bond donors (Lipinski definition) is 0. The monoisotopic (exact) mass is 599 g/mol. The first-order valence-electron chi connectivity index (χ1n) is 9.28. The normalized spacial score (nSPS) is 11.7. The molecule has 0 spiro atoms. The Morgan fingerprint density at radius 3 is 2.47 bits per heavy atom. The number of nitrogens with zero attached hydrogens (tertiary/aromatic N) is 1. The molecule has 32 heavy (non-hydrogen) atoms. The first kappa shape index (κ1) is 24.4. The molecule has 0 atom stereocenters. The van der Waals surface area contributed by atoms with Gasteiger partial charge in [0.2, 0.25) is 0 Å². The first-order chi connectivity index (χ1) is 15.2. The zero-order valence-electron chi connectivity index (χ0n) is 16.7. The maximum Gasteiger partial charge on any atom is 0.339 e. The van der Waals surface area contributed by atoms with Crippen LogP contribution in [0.2, 0.25) is 10.0 Å². The lowest BCUT2D eigenvalue weighted by atomic mass is 10.0. The summed E-state index contributed by atoms with van der Waals surface area (Å²) < 4.78 is 37.0. The molecule has 0 bridgehead atoms. The highest BCUT2D eigenvalue weighted by Crippen LogP contribution is 2.37. The van der Waals surface area contributed by atoms with Crippen molar-refractivity contribution in [1.82, 2.24) is 0 Å². The van der Waals surface area contributed by atoms with Gasteiger partial charge in [0.1, 0.15) is 4.90 Å². The van der Waals surface area contributed by atoms with Crippen LogP contribution < -0.4 is 8.92 Å². The second-order valence-corrected chi connectivity index (χ2v) is 9.96. The van der Waals surface area contributed by atoms with Gasteiger partial charge in [0.05, 0.1) is 26.8 Å². The summed E-state index contributed by atoms with van der Waals surface area (Å²) in [6.45, 7) is 2.07. The molecule has 9 heteroatoms. The van der Waals surface area contributed by atoms with Crippen LogP contribution >= 0.6 is 45.8 Å². The van der Waals surface area contributed by atoms with Crippen LogP contribution in [0, 0.1) is 14.9 Å². The maximum atomic E-state index is 12.7. The predicted molar refractivity (Wildman–Crippen MR) is 135 cm³/mol. The van der Waals surface area contributed by atoms with E-state index in [0.29, 0.717) is 36.9 Å². The maximum absolute atomic E-state index is 12.7. The molecule has 0 unspecified atom stereocenters. The molecular formula is C23H16Cl2INO4S. The van der Waals surface area contributed by atoms with Crippen LogP contribution in [-0.4, -0.2) is 15.0 Å². The molecule has 3 rings (SSSR count). The van der Waals surface area contributed by atoms with Gasteiger partial charge in [0.25, 0.3) is 0 Å². The molecule has 0 saturated carbocycles. The van der Waals surface area contributed by atoms with Crippen LogP contribution in [0.15, 0.2) is 65.6 Å². The van der Waals surface area contributed by atoms with Crippen molar-refractivity contribution in [3.63, 3.8) is 0 Å². The largest absolute Gasteiger partial charge is 0.490 e. The van der Waals surface area contributed by atoms with Crippen molar-refractivity contribution >= 4 is 67.6 Å². The van der Waals surface area contributed by atoms with Crippen molar-refractivity contribution in [2.24, 2.45) is 0 Å². The molecule has 0 N–H and O–H groups in total. The van der Waals surface area contributed by atoms with E-state index in [1.54, 1.807) is 61.5 Å². The molecule has 0 fully saturated rings. The summed E-state index contributed by atoms with van der Waals surface area (Å²) in [4.78, 5) is 0.0337. The van der Waals surface area contributed by atoms with Crippen molar-refractivity contribution in [1.29, 1.82) is 5.26 Å². The fraction of sp³-hybridized carbons (Fsp3) is 0.0870. The number of hydrogen-bond acceptors (Lipinski definition) is 5. The number of nitriles is 1. The number of ether oxygens (including phenoxy) is 1. The summed E-state index contributed by atoms with van der Waals surface area (Å²) in [5.74, 6) is 0.320. The van der Waals surface area contributed by atoms with Gasteiger partial charge in [-0.25, -0.2) is 0 Å². The minimum atomic E-state index is -4.05. The fourth-order valence-corrected chi connectivity index (χ4v) is 5.18. The van der Waals surface area contributed by atoms with Crippen LogP contribution in [0.1, 0.15) is 18.1 Å². The lowest BCUT2D eigenvalue weighted by Crippen LogP contribution is -2.11. The Bertz CT molecular complexity index is 1320. The van der Waals surface area contributed by atoms with Gasteiger partial charge in [-0.3, -0.25) is 0 Å². The zero-order valence-corrected chi connectivity index (χ0v) is 21.2. The molecule has 5 nitrogen and oxygen atoms in total. The Labute approximate surface area is 210 Å². The Balaban J connectivity index is 2.05. The van der Waals surface area contributed by atoms with Gasteiger partial charge in [-0.2, -0.15) is 13.7 Å². The number of allylic oxidation sites excluding steroid dienone is 1. The summed E-state index contributed by atoms with van der Waals surface area (Å²) in [5, 5.41) is 10.5. The summed E-state index contributed by atoms with van der Waals surface area (Å²) in [6, 6.07) is 18.2. The van der Waals surface area contributed by atoms with Crippen molar-refractivity contribution in [3.8, 4) is 17.6 Å². The molecule has 0 heterocycles. The number of halogens is 3. The topological polar surface area (TPSA) is 76.4 Å². The zero-order chi connectivity index (χ0) is 23.3. The van der Waals surface area contributed by atoms with Gasteiger partial charge in [0, 0.05) is 10.6 Å².